The highest BCUT2D eigenvalue weighted by atomic mass is 16.2. The number of urea groups is 1. The van der Waals surface area contributed by atoms with Crippen LogP contribution in [0.3, 0.4) is 0 Å². The molecule has 1 heterocycles. The van der Waals surface area contributed by atoms with Crippen molar-refractivity contribution >= 4 is 6.03 Å². The maximum Gasteiger partial charge on any atom is 0.317 e. The maximum atomic E-state index is 12.2. The Bertz CT molecular complexity index is 307. The lowest BCUT2D eigenvalue weighted by atomic mass is 10.1. The van der Waals surface area contributed by atoms with E-state index in [0.29, 0.717) is 18.0 Å². The van der Waals surface area contributed by atoms with E-state index in [1.165, 1.54) is 6.42 Å². The lowest BCUT2D eigenvalue weighted by molar-refractivity contribution is 0.0529. The normalized spacial score (nSPS) is 23.9. The van der Waals surface area contributed by atoms with Crippen LogP contribution in [0.4, 0.5) is 4.79 Å². The minimum Gasteiger partial charge on any atom is -0.338 e. The van der Waals surface area contributed by atoms with E-state index in [2.05, 4.69) is 56.9 Å². The first-order valence-corrected chi connectivity index (χ1v) is 8.24. The van der Waals surface area contributed by atoms with Crippen LogP contribution in [0, 0.1) is 5.92 Å². The van der Waals surface area contributed by atoms with Gasteiger partial charge in [-0.1, -0.05) is 13.8 Å². The van der Waals surface area contributed by atoms with Crippen LogP contribution in [0.1, 0.15) is 34.1 Å². The van der Waals surface area contributed by atoms with E-state index < -0.39 is 0 Å². The fraction of sp³-hybridized carbons (Fsp3) is 0.938. The molecule has 5 heteroatoms. The van der Waals surface area contributed by atoms with Gasteiger partial charge in [0.1, 0.15) is 0 Å². The fourth-order valence-electron chi connectivity index (χ4n) is 2.94. The summed E-state index contributed by atoms with van der Waals surface area (Å²) < 4.78 is 0. The van der Waals surface area contributed by atoms with Crippen molar-refractivity contribution in [3.63, 3.8) is 0 Å². The molecule has 0 radical (unpaired) electrons. The Morgan fingerprint density at radius 3 is 2.29 bits per heavy atom. The summed E-state index contributed by atoms with van der Waals surface area (Å²) in [5.41, 5.74) is 0. The summed E-state index contributed by atoms with van der Waals surface area (Å²) in [5, 5.41) is 3.03. The average molecular weight is 298 g/mol. The molecule has 1 saturated heterocycles. The molecular formula is C16H34N4O. The van der Waals surface area contributed by atoms with Gasteiger partial charge in [0.25, 0.3) is 0 Å². The first kappa shape index (κ1) is 18.2. The van der Waals surface area contributed by atoms with E-state index >= 15 is 0 Å². The number of piperazine rings is 1. The van der Waals surface area contributed by atoms with Crippen molar-refractivity contribution in [2.45, 2.75) is 46.2 Å². The lowest BCUT2D eigenvalue weighted by Gasteiger charge is -2.44. The third-order valence-electron chi connectivity index (χ3n) is 4.07. The summed E-state index contributed by atoms with van der Waals surface area (Å²) in [5.74, 6) is 0.496. The Labute approximate surface area is 130 Å². The molecule has 2 atom stereocenters. The second kappa shape index (κ2) is 8.59. The molecule has 2 amide bonds. The zero-order chi connectivity index (χ0) is 16.0. The van der Waals surface area contributed by atoms with Crippen LogP contribution in [0.2, 0.25) is 0 Å². The SMILES string of the molecule is CC(C)CNC(=O)N1CC(C)N(CCCN(C)C)C(C)C1. The summed E-state index contributed by atoms with van der Waals surface area (Å²) in [6, 6.07) is 0.955. The van der Waals surface area contributed by atoms with Crippen LogP contribution >= 0.6 is 0 Å². The molecule has 1 rings (SSSR count). The summed E-state index contributed by atoms with van der Waals surface area (Å²) in [6.07, 6.45) is 1.18. The lowest BCUT2D eigenvalue weighted by Crippen LogP contribution is -2.60. The number of rotatable bonds is 6. The van der Waals surface area contributed by atoms with Crippen molar-refractivity contribution in [1.82, 2.24) is 20.0 Å². The molecule has 0 aromatic heterocycles. The molecule has 1 aliphatic heterocycles. The van der Waals surface area contributed by atoms with Crippen LogP contribution in [-0.4, -0.2) is 79.6 Å². The van der Waals surface area contributed by atoms with Crippen LogP contribution in [0.25, 0.3) is 0 Å². The molecule has 0 bridgehead atoms. The van der Waals surface area contributed by atoms with Gasteiger partial charge in [0.2, 0.25) is 0 Å². The van der Waals surface area contributed by atoms with Gasteiger partial charge in [0, 0.05) is 38.3 Å². The van der Waals surface area contributed by atoms with Crippen molar-refractivity contribution in [2.24, 2.45) is 5.92 Å². The highest BCUT2D eigenvalue weighted by Gasteiger charge is 2.31. The summed E-state index contributed by atoms with van der Waals surface area (Å²) >= 11 is 0. The van der Waals surface area contributed by atoms with E-state index in [1.807, 2.05) is 4.90 Å². The van der Waals surface area contributed by atoms with Crippen molar-refractivity contribution in [3.8, 4) is 0 Å². The van der Waals surface area contributed by atoms with Crippen LogP contribution in [-0.2, 0) is 0 Å². The maximum absolute atomic E-state index is 12.2. The van der Waals surface area contributed by atoms with Gasteiger partial charge < -0.3 is 15.1 Å². The smallest absolute Gasteiger partial charge is 0.317 e. The highest BCUT2D eigenvalue weighted by molar-refractivity contribution is 5.74. The van der Waals surface area contributed by atoms with Crippen molar-refractivity contribution in [1.29, 1.82) is 0 Å². The van der Waals surface area contributed by atoms with Gasteiger partial charge in [-0.15, -0.1) is 0 Å². The number of hydrogen-bond acceptors (Lipinski definition) is 3. The molecule has 21 heavy (non-hydrogen) atoms. The monoisotopic (exact) mass is 298 g/mol. The van der Waals surface area contributed by atoms with Crippen LogP contribution in [0.5, 0.6) is 0 Å². The molecular weight excluding hydrogens is 264 g/mol. The van der Waals surface area contributed by atoms with Gasteiger partial charge in [-0.3, -0.25) is 4.90 Å². The van der Waals surface area contributed by atoms with E-state index in [9.17, 15) is 4.79 Å². The summed E-state index contributed by atoms with van der Waals surface area (Å²) in [6.45, 7) is 13.3. The van der Waals surface area contributed by atoms with E-state index in [1.54, 1.807) is 0 Å². The largest absolute Gasteiger partial charge is 0.338 e. The third kappa shape index (κ3) is 6.22. The van der Waals surface area contributed by atoms with Gasteiger partial charge in [0.15, 0.2) is 0 Å². The molecule has 2 unspecified atom stereocenters. The first-order chi connectivity index (χ1) is 9.81. The van der Waals surface area contributed by atoms with Crippen molar-refractivity contribution < 1.29 is 4.79 Å². The minimum absolute atomic E-state index is 0.0929. The van der Waals surface area contributed by atoms with Gasteiger partial charge in [-0.2, -0.15) is 0 Å². The standard InChI is InChI=1S/C16H34N4O/c1-13(2)10-17-16(21)19-11-14(3)20(15(4)12-19)9-7-8-18(5)6/h13-15H,7-12H2,1-6H3,(H,17,21). The quantitative estimate of drug-likeness (QED) is 0.811. The Balaban J connectivity index is 2.43. The summed E-state index contributed by atoms with van der Waals surface area (Å²) in [7, 11) is 4.23. The molecule has 0 saturated carbocycles. The van der Waals surface area contributed by atoms with Gasteiger partial charge in [-0.25, -0.2) is 4.79 Å². The van der Waals surface area contributed by atoms with Crippen LogP contribution in [0.15, 0.2) is 0 Å². The zero-order valence-electron chi connectivity index (χ0n) is 14.7. The average Bonchev–Trinajstić information content (AvgIpc) is 2.38. The zero-order valence-corrected chi connectivity index (χ0v) is 14.7. The van der Waals surface area contributed by atoms with Crippen molar-refractivity contribution in [2.75, 3.05) is 46.8 Å². The number of carbonyl (C=O) groups excluding carboxylic acids is 1. The summed E-state index contributed by atoms with van der Waals surface area (Å²) in [4.78, 5) is 18.9. The minimum atomic E-state index is 0.0929. The molecule has 1 aliphatic rings. The molecule has 1 fully saturated rings. The molecule has 0 aliphatic carbocycles. The number of carbonyl (C=O) groups is 1. The molecule has 0 aromatic rings. The molecule has 5 nitrogen and oxygen atoms in total. The Hall–Kier alpha value is -0.810. The molecule has 1 N–H and O–H groups in total. The fourth-order valence-corrected chi connectivity index (χ4v) is 2.94. The van der Waals surface area contributed by atoms with E-state index in [-0.39, 0.29) is 6.03 Å². The van der Waals surface area contributed by atoms with Crippen molar-refractivity contribution in [3.05, 3.63) is 0 Å². The predicted octanol–water partition coefficient (Wildman–Crippen LogP) is 1.70. The van der Waals surface area contributed by atoms with Gasteiger partial charge in [-0.05, 0) is 46.8 Å². The van der Waals surface area contributed by atoms with Crippen LogP contribution < -0.4 is 5.32 Å². The van der Waals surface area contributed by atoms with Gasteiger partial charge in [0.05, 0.1) is 0 Å². The Morgan fingerprint density at radius 2 is 1.81 bits per heavy atom. The second-order valence-corrected chi connectivity index (χ2v) is 7.08. The number of amides is 2. The van der Waals surface area contributed by atoms with E-state index in [4.69, 9.17) is 0 Å². The van der Waals surface area contributed by atoms with E-state index in [0.717, 1.165) is 32.7 Å². The van der Waals surface area contributed by atoms with Gasteiger partial charge >= 0.3 is 6.03 Å². The predicted molar refractivity (Wildman–Crippen MR) is 88.6 cm³/mol. The first-order valence-electron chi connectivity index (χ1n) is 8.24. The molecule has 0 spiro atoms. The number of hydrogen-bond donors (Lipinski definition) is 1. The second-order valence-electron chi connectivity index (χ2n) is 7.08. The number of nitrogens with one attached hydrogen (secondary N) is 1. The Kier molecular flexibility index (Phi) is 7.46. The topological polar surface area (TPSA) is 38.8 Å². The molecule has 0 aromatic carbocycles. The Morgan fingerprint density at radius 1 is 1.24 bits per heavy atom. The number of nitrogens with zero attached hydrogens (tertiary/aromatic N) is 3. The third-order valence-corrected chi connectivity index (χ3v) is 4.07. The highest BCUT2D eigenvalue weighted by Crippen LogP contribution is 2.16. The molecule has 124 valence electrons.